The van der Waals surface area contributed by atoms with E-state index in [-0.39, 0.29) is 17.0 Å². The smallest absolute Gasteiger partial charge is 0.283 e. The van der Waals surface area contributed by atoms with Gasteiger partial charge in [0.2, 0.25) is 0 Å². The van der Waals surface area contributed by atoms with E-state index in [2.05, 4.69) is 41.7 Å². The fraction of sp³-hybridized carbons (Fsp3) is 0.459. The van der Waals surface area contributed by atoms with Gasteiger partial charge in [0.1, 0.15) is 11.6 Å². The Morgan fingerprint density at radius 2 is 1.73 bits per heavy atom. The summed E-state index contributed by atoms with van der Waals surface area (Å²) in [6.07, 6.45) is 2.78. The van der Waals surface area contributed by atoms with Crippen LogP contribution in [0.3, 0.4) is 0 Å². The van der Waals surface area contributed by atoms with Crippen LogP contribution in [0.25, 0.3) is 22.3 Å². The number of fused-ring (bicyclic) bond motifs is 2. The van der Waals surface area contributed by atoms with Crippen molar-refractivity contribution in [3.8, 4) is 11.4 Å². The average Bonchev–Trinajstić information content (AvgIpc) is 3.64. The van der Waals surface area contributed by atoms with Gasteiger partial charge in [-0.3, -0.25) is 4.68 Å². The van der Waals surface area contributed by atoms with Crippen LogP contribution < -0.4 is 9.80 Å². The second-order valence-corrected chi connectivity index (χ2v) is 15.8. The van der Waals surface area contributed by atoms with Gasteiger partial charge in [-0.2, -0.15) is 22.7 Å². The van der Waals surface area contributed by atoms with Crippen molar-refractivity contribution in [2.45, 2.75) is 90.3 Å². The van der Waals surface area contributed by atoms with Crippen molar-refractivity contribution >= 4 is 32.6 Å². The molecule has 0 bridgehead atoms. The Bertz CT molecular complexity index is 2150. The molecular formula is C37H46N8O3S. The molecule has 11 nitrogen and oxygen atoms in total. The van der Waals surface area contributed by atoms with Gasteiger partial charge in [0.25, 0.3) is 10.0 Å². The SMILES string of the molecule is CO[C@@H]1CCN(c2nc(-c3c(C)ccc4c3c(C)nn4S(=O)(=O)c3ccc(C)cc3)nc3c2CN(c2cc(C(C)C)nn2C)CC3)[C@H](C)C1. The van der Waals surface area contributed by atoms with Gasteiger partial charge in [0, 0.05) is 68.8 Å². The number of piperidine rings is 1. The highest BCUT2D eigenvalue weighted by molar-refractivity contribution is 7.90. The summed E-state index contributed by atoms with van der Waals surface area (Å²) >= 11 is 0. The molecule has 2 aromatic carbocycles. The normalized spacial score (nSPS) is 18.5. The van der Waals surface area contributed by atoms with E-state index >= 15 is 0 Å². The first-order valence-corrected chi connectivity index (χ1v) is 18.6. The Morgan fingerprint density at radius 1 is 0.980 bits per heavy atom. The van der Waals surface area contributed by atoms with Gasteiger partial charge in [0.05, 0.1) is 33.6 Å². The maximum Gasteiger partial charge on any atom is 0.283 e. The maximum absolute atomic E-state index is 13.9. The monoisotopic (exact) mass is 682 g/mol. The molecule has 2 aliphatic rings. The third-order valence-corrected chi connectivity index (χ3v) is 11.8. The van der Waals surface area contributed by atoms with E-state index < -0.39 is 10.0 Å². The van der Waals surface area contributed by atoms with Crippen molar-refractivity contribution in [3.05, 3.63) is 76.2 Å². The molecule has 0 amide bonds. The van der Waals surface area contributed by atoms with E-state index in [1.54, 1.807) is 31.4 Å². The first kappa shape index (κ1) is 33.2. The van der Waals surface area contributed by atoms with Gasteiger partial charge in [-0.25, -0.2) is 9.97 Å². The number of nitrogens with zero attached hydrogens (tertiary/aromatic N) is 8. The van der Waals surface area contributed by atoms with Crippen molar-refractivity contribution in [1.29, 1.82) is 0 Å². The number of anilines is 2. The van der Waals surface area contributed by atoms with Crippen LogP contribution >= 0.6 is 0 Å². The lowest BCUT2D eigenvalue weighted by molar-refractivity contribution is 0.0719. The van der Waals surface area contributed by atoms with Crippen molar-refractivity contribution in [3.63, 3.8) is 0 Å². The number of hydrogen-bond donors (Lipinski definition) is 0. The van der Waals surface area contributed by atoms with Crippen LogP contribution in [0.4, 0.5) is 11.6 Å². The quantitative estimate of drug-likeness (QED) is 0.202. The predicted molar refractivity (Wildman–Crippen MR) is 193 cm³/mol. The number of ether oxygens (including phenoxy) is 1. The highest BCUT2D eigenvalue weighted by Crippen LogP contribution is 2.39. The Morgan fingerprint density at radius 3 is 2.41 bits per heavy atom. The van der Waals surface area contributed by atoms with E-state index in [1.165, 1.54) is 4.09 Å². The fourth-order valence-electron chi connectivity index (χ4n) is 7.40. The Balaban J connectivity index is 1.38. The minimum Gasteiger partial charge on any atom is -0.381 e. The minimum absolute atomic E-state index is 0.198. The number of hydrogen-bond acceptors (Lipinski definition) is 9. The zero-order valence-corrected chi connectivity index (χ0v) is 30.5. The zero-order valence-electron chi connectivity index (χ0n) is 29.7. The Kier molecular flexibility index (Phi) is 8.51. The Hall–Kier alpha value is -4.29. The molecule has 5 heterocycles. The summed E-state index contributed by atoms with van der Waals surface area (Å²) in [5.74, 6) is 2.97. The van der Waals surface area contributed by atoms with E-state index in [0.717, 1.165) is 83.0 Å². The van der Waals surface area contributed by atoms with Gasteiger partial charge < -0.3 is 14.5 Å². The molecule has 0 aliphatic carbocycles. The fourth-order valence-corrected chi connectivity index (χ4v) is 8.72. The van der Waals surface area contributed by atoms with Gasteiger partial charge in [-0.05, 0) is 70.2 Å². The Labute approximate surface area is 289 Å². The molecule has 258 valence electrons. The molecule has 7 rings (SSSR count). The van der Waals surface area contributed by atoms with E-state index in [1.807, 2.05) is 44.6 Å². The maximum atomic E-state index is 13.9. The lowest BCUT2D eigenvalue weighted by Gasteiger charge is -2.40. The average molecular weight is 683 g/mol. The second kappa shape index (κ2) is 12.5. The zero-order chi connectivity index (χ0) is 34.8. The van der Waals surface area contributed by atoms with Gasteiger partial charge in [-0.15, -0.1) is 0 Å². The molecule has 0 N–H and O–H groups in total. The lowest BCUT2D eigenvalue weighted by atomic mass is 9.97. The van der Waals surface area contributed by atoms with Crippen LogP contribution in [-0.4, -0.2) is 69.7 Å². The van der Waals surface area contributed by atoms with Crippen molar-refractivity contribution in [2.75, 3.05) is 30.0 Å². The number of aromatic nitrogens is 6. The highest BCUT2D eigenvalue weighted by Gasteiger charge is 2.33. The third kappa shape index (κ3) is 5.78. The van der Waals surface area contributed by atoms with Crippen molar-refractivity contribution in [2.24, 2.45) is 7.05 Å². The summed E-state index contributed by atoms with van der Waals surface area (Å²) in [5, 5.41) is 10.2. The molecule has 0 radical (unpaired) electrons. The minimum atomic E-state index is -3.94. The molecule has 0 spiro atoms. The molecule has 49 heavy (non-hydrogen) atoms. The number of methoxy groups -OCH3 is 1. The molecular weight excluding hydrogens is 637 g/mol. The summed E-state index contributed by atoms with van der Waals surface area (Å²) in [4.78, 5) is 15.7. The molecule has 2 atom stereocenters. The summed E-state index contributed by atoms with van der Waals surface area (Å²) in [6.45, 7) is 14.7. The third-order valence-electron chi connectivity index (χ3n) is 10.2. The van der Waals surface area contributed by atoms with E-state index in [9.17, 15) is 8.42 Å². The van der Waals surface area contributed by atoms with Crippen molar-refractivity contribution < 1.29 is 13.2 Å². The summed E-state index contributed by atoms with van der Waals surface area (Å²) in [6, 6.07) is 13.1. The highest BCUT2D eigenvalue weighted by atomic mass is 32.2. The van der Waals surface area contributed by atoms with Crippen LogP contribution in [0.2, 0.25) is 0 Å². The van der Waals surface area contributed by atoms with Gasteiger partial charge in [0.15, 0.2) is 5.82 Å². The largest absolute Gasteiger partial charge is 0.381 e. The molecule has 0 saturated carbocycles. The van der Waals surface area contributed by atoms with Crippen LogP contribution in [-0.2, 0) is 34.8 Å². The summed E-state index contributed by atoms with van der Waals surface area (Å²) in [7, 11) is -0.131. The first-order chi connectivity index (χ1) is 23.4. The van der Waals surface area contributed by atoms with Crippen LogP contribution in [0, 0.1) is 20.8 Å². The summed E-state index contributed by atoms with van der Waals surface area (Å²) in [5.41, 5.74) is 7.14. The number of rotatable bonds is 7. The number of aryl methyl sites for hydroxylation is 4. The molecule has 1 saturated heterocycles. The van der Waals surface area contributed by atoms with Crippen molar-refractivity contribution in [1.82, 2.24) is 28.9 Å². The van der Waals surface area contributed by atoms with E-state index in [0.29, 0.717) is 29.5 Å². The van der Waals surface area contributed by atoms with Crippen LogP contribution in [0.15, 0.2) is 47.4 Å². The summed E-state index contributed by atoms with van der Waals surface area (Å²) < 4.78 is 36.7. The lowest BCUT2D eigenvalue weighted by Crippen LogP contribution is -2.45. The molecule has 2 aliphatic heterocycles. The molecule has 0 unspecified atom stereocenters. The van der Waals surface area contributed by atoms with Gasteiger partial charge in [-0.1, -0.05) is 37.6 Å². The predicted octanol–water partition coefficient (Wildman–Crippen LogP) is 6.08. The molecule has 1 fully saturated rings. The van der Waals surface area contributed by atoms with Crippen LogP contribution in [0.1, 0.15) is 73.3 Å². The second-order valence-electron chi connectivity index (χ2n) is 14.0. The standard InChI is InChI=1S/C37H46N8O3S/c1-22(2)31-20-33(42(7)41-31)43-17-16-30-29(21-43)37(44-18-15-27(48-8)19-25(44)5)39-36(38-30)34-24(4)11-14-32-35(34)26(6)40-45(32)49(46,47)28-12-9-23(3)10-13-28/h9-14,20,22,25,27H,15-19,21H2,1-8H3/t25-,27-/m1/s1. The molecule has 5 aromatic rings. The van der Waals surface area contributed by atoms with Gasteiger partial charge >= 0.3 is 0 Å². The van der Waals surface area contributed by atoms with Crippen LogP contribution in [0.5, 0.6) is 0 Å². The molecule has 12 heteroatoms. The number of benzene rings is 2. The molecule has 3 aromatic heterocycles. The van der Waals surface area contributed by atoms with E-state index in [4.69, 9.17) is 19.8 Å². The topological polar surface area (TPSA) is 111 Å². The first-order valence-electron chi connectivity index (χ1n) is 17.2.